The summed E-state index contributed by atoms with van der Waals surface area (Å²) >= 11 is 0. The molecule has 1 aromatic heterocycles. The van der Waals surface area contributed by atoms with E-state index in [4.69, 9.17) is 10.3 Å². The van der Waals surface area contributed by atoms with Gasteiger partial charge < -0.3 is 10.3 Å². The Bertz CT molecular complexity index is 483. The van der Waals surface area contributed by atoms with E-state index in [1.54, 1.807) is 0 Å². The molecule has 1 saturated heterocycles. The van der Waals surface area contributed by atoms with Crippen LogP contribution in [0.25, 0.3) is 0 Å². The van der Waals surface area contributed by atoms with Gasteiger partial charge in [0, 0.05) is 12.8 Å². The van der Waals surface area contributed by atoms with Crippen LogP contribution in [0.2, 0.25) is 0 Å². The number of aryl methyl sites for hydroxylation is 1. The van der Waals surface area contributed by atoms with Crippen molar-refractivity contribution in [3.8, 4) is 0 Å². The number of aromatic nitrogens is 2. The molecule has 102 valence electrons. The van der Waals surface area contributed by atoms with Crippen LogP contribution in [0.5, 0.6) is 0 Å². The van der Waals surface area contributed by atoms with Crippen LogP contribution in [0.4, 0.5) is 0 Å². The maximum atomic E-state index is 11.5. The summed E-state index contributed by atoms with van der Waals surface area (Å²) in [5.74, 6) is 1.90. The predicted octanol–water partition coefficient (Wildman–Crippen LogP) is 0.328. The maximum absolute atomic E-state index is 11.5. The molecular formula is C11H19N3O3S. The second-order valence-electron chi connectivity index (χ2n) is 4.82. The molecule has 1 aliphatic heterocycles. The van der Waals surface area contributed by atoms with Crippen LogP contribution >= 0.6 is 0 Å². The zero-order chi connectivity index (χ0) is 13.0. The van der Waals surface area contributed by atoms with Crippen molar-refractivity contribution in [1.82, 2.24) is 10.1 Å². The summed E-state index contributed by atoms with van der Waals surface area (Å²) < 4.78 is 28.1. The molecule has 7 heteroatoms. The van der Waals surface area contributed by atoms with Gasteiger partial charge in [-0.3, -0.25) is 0 Å². The lowest BCUT2D eigenvalue weighted by molar-refractivity contribution is 0.366. The predicted molar refractivity (Wildman–Crippen MR) is 66.8 cm³/mol. The molecule has 1 atom stereocenters. The molecule has 2 heterocycles. The van der Waals surface area contributed by atoms with Crippen LogP contribution < -0.4 is 5.73 Å². The summed E-state index contributed by atoms with van der Waals surface area (Å²) in [4.78, 5) is 4.26. The number of rotatable bonds is 5. The van der Waals surface area contributed by atoms with E-state index in [9.17, 15) is 8.42 Å². The third kappa shape index (κ3) is 3.78. The molecule has 0 spiro atoms. The summed E-state index contributed by atoms with van der Waals surface area (Å²) in [6.07, 6.45) is 3.76. The van der Waals surface area contributed by atoms with E-state index >= 15 is 0 Å². The first-order chi connectivity index (χ1) is 8.59. The molecule has 2 rings (SSSR count). The number of hydrogen-bond donors (Lipinski definition) is 1. The highest BCUT2D eigenvalue weighted by atomic mass is 32.2. The highest BCUT2D eigenvalue weighted by molar-refractivity contribution is 7.91. The maximum Gasteiger partial charge on any atom is 0.226 e. The molecule has 0 bridgehead atoms. The SMILES string of the molecule is NCCCc1nc(CC2CCCS(=O)(=O)C2)no1. The second-order valence-corrected chi connectivity index (χ2v) is 7.05. The van der Waals surface area contributed by atoms with Crippen LogP contribution in [-0.2, 0) is 22.7 Å². The summed E-state index contributed by atoms with van der Waals surface area (Å²) in [6, 6.07) is 0. The van der Waals surface area contributed by atoms with Crippen molar-refractivity contribution in [2.45, 2.75) is 32.1 Å². The Morgan fingerprint density at radius 3 is 3.00 bits per heavy atom. The molecule has 0 amide bonds. The van der Waals surface area contributed by atoms with Gasteiger partial charge >= 0.3 is 0 Å². The van der Waals surface area contributed by atoms with Crippen LogP contribution in [0.15, 0.2) is 4.52 Å². The quantitative estimate of drug-likeness (QED) is 0.830. The normalized spacial score (nSPS) is 23.1. The fourth-order valence-electron chi connectivity index (χ4n) is 2.26. The van der Waals surface area contributed by atoms with Gasteiger partial charge in [0.1, 0.15) is 0 Å². The van der Waals surface area contributed by atoms with E-state index in [1.165, 1.54) is 0 Å². The third-order valence-electron chi connectivity index (χ3n) is 3.13. The third-order valence-corrected chi connectivity index (χ3v) is 5.02. The van der Waals surface area contributed by atoms with Crippen LogP contribution in [-0.4, -0.2) is 36.6 Å². The Balaban J connectivity index is 1.91. The summed E-state index contributed by atoms with van der Waals surface area (Å²) in [7, 11) is -2.86. The highest BCUT2D eigenvalue weighted by Gasteiger charge is 2.26. The molecule has 0 radical (unpaired) electrons. The number of sulfone groups is 1. The largest absolute Gasteiger partial charge is 0.339 e. The van der Waals surface area contributed by atoms with Crippen LogP contribution in [0.1, 0.15) is 31.0 Å². The molecular weight excluding hydrogens is 254 g/mol. The average molecular weight is 273 g/mol. The van der Waals surface area contributed by atoms with E-state index < -0.39 is 9.84 Å². The first-order valence-corrected chi connectivity index (χ1v) is 8.13. The van der Waals surface area contributed by atoms with Gasteiger partial charge in [-0.1, -0.05) is 5.16 Å². The van der Waals surface area contributed by atoms with Gasteiger partial charge in [0.25, 0.3) is 0 Å². The zero-order valence-corrected chi connectivity index (χ0v) is 11.2. The lowest BCUT2D eigenvalue weighted by atomic mass is 10.0. The summed E-state index contributed by atoms with van der Waals surface area (Å²) in [6.45, 7) is 0.596. The number of hydrogen-bond acceptors (Lipinski definition) is 6. The smallest absolute Gasteiger partial charge is 0.226 e. The molecule has 0 saturated carbocycles. The molecule has 0 aliphatic carbocycles. The first kappa shape index (κ1) is 13.5. The molecule has 1 aromatic rings. The Morgan fingerprint density at radius 1 is 1.44 bits per heavy atom. The van der Waals surface area contributed by atoms with Crippen molar-refractivity contribution < 1.29 is 12.9 Å². The molecule has 18 heavy (non-hydrogen) atoms. The van der Waals surface area contributed by atoms with Crippen LogP contribution in [0.3, 0.4) is 0 Å². The fraction of sp³-hybridized carbons (Fsp3) is 0.818. The highest BCUT2D eigenvalue weighted by Crippen LogP contribution is 2.21. The lowest BCUT2D eigenvalue weighted by Crippen LogP contribution is -2.26. The van der Waals surface area contributed by atoms with Gasteiger partial charge in [-0.05, 0) is 31.7 Å². The summed E-state index contributed by atoms with van der Waals surface area (Å²) in [5, 5.41) is 3.89. The second kappa shape index (κ2) is 5.79. The minimum Gasteiger partial charge on any atom is -0.339 e. The van der Waals surface area contributed by atoms with Gasteiger partial charge in [0.15, 0.2) is 15.7 Å². The van der Waals surface area contributed by atoms with E-state index in [2.05, 4.69) is 10.1 Å². The van der Waals surface area contributed by atoms with Crippen LogP contribution in [0, 0.1) is 5.92 Å². The van der Waals surface area contributed by atoms with Gasteiger partial charge in [0.05, 0.1) is 11.5 Å². The van der Waals surface area contributed by atoms with Gasteiger partial charge in [0.2, 0.25) is 5.89 Å². The molecule has 1 unspecified atom stereocenters. The van der Waals surface area contributed by atoms with Gasteiger partial charge in [-0.15, -0.1) is 0 Å². The monoisotopic (exact) mass is 273 g/mol. The standard InChI is InChI=1S/C11H19N3O3S/c12-5-1-4-11-13-10(14-17-11)7-9-3-2-6-18(15,16)8-9/h9H,1-8,12H2. The lowest BCUT2D eigenvalue weighted by Gasteiger charge is -2.20. The molecule has 2 N–H and O–H groups in total. The average Bonchev–Trinajstić information content (AvgIpc) is 2.73. The Hall–Kier alpha value is -0.950. The van der Waals surface area contributed by atoms with Crippen molar-refractivity contribution in [1.29, 1.82) is 0 Å². The van der Waals surface area contributed by atoms with Crippen molar-refractivity contribution in [2.75, 3.05) is 18.1 Å². The van der Waals surface area contributed by atoms with Gasteiger partial charge in [-0.25, -0.2) is 8.42 Å². The Morgan fingerprint density at radius 2 is 2.28 bits per heavy atom. The molecule has 1 aliphatic rings. The number of nitrogens with zero attached hydrogens (tertiary/aromatic N) is 2. The van der Waals surface area contributed by atoms with Crippen molar-refractivity contribution in [2.24, 2.45) is 11.7 Å². The van der Waals surface area contributed by atoms with E-state index in [0.717, 1.165) is 19.3 Å². The van der Waals surface area contributed by atoms with E-state index in [-0.39, 0.29) is 11.7 Å². The molecule has 6 nitrogen and oxygen atoms in total. The fourth-order valence-corrected chi connectivity index (χ4v) is 4.04. The van der Waals surface area contributed by atoms with Crippen molar-refractivity contribution in [3.05, 3.63) is 11.7 Å². The number of nitrogens with two attached hydrogens (primary N) is 1. The Labute approximate surface area is 107 Å². The summed E-state index contributed by atoms with van der Waals surface area (Å²) in [5.41, 5.74) is 5.41. The van der Waals surface area contributed by atoms with Gasteiger partial charge in [-0.2, -0.15) is 4.98 Å². The van der Waals surface area contributed by atoms with Crippen molar-refractivity contribution >= 4 is 9.84 Å². The Kier molecular flexibility index (Phi) is 4.34. The molecule has 0 aromatic carbocycles. The molecule has 1 fully saturated rings. The van der Waals surface area contributed by atoms with E-state index in [0.29, 0.717) is 36.9 Å². The van der Waals surface area contributed by atoms with Crippen molar-refractivity contribution in [3.63, 3.8) is 0 Å². The first-order valence-electron chi connectivity index (χ1n) is 6.31. The topological polar surface area (TPSA) is 99.1 Å². The zero-order valence-electron chi connectivity index (χ0n) is 10.3. The minimum absolute atomic E-state index is 0.128. The van der Waals surface area contributed by atoms with E-state index in [1.807, 2.05) is 0 Å². The minimum atomic E-state index is -2.86.